The van der Waals surface area contributed by atoms with Crippen molar-refractivity contribution in [3.05, 3.63) is 77.9 Å². The molecule has 1 aliphatic carbocycles. The summed E-state index contributed by atoms with van der Waals surface area (Å²) < 4.78 is 50.9. The van der Waals surface area contributed by atoms with Crippen LogP contribution in [0.3, 0.4) is 0 Å². The van der Waals surface area contributed by atoms with E-state index in [1.807, 2.05) is 18.2 Å². The Morgan fingerprint density at radius 1 is 0.865 bits per heavy atom. The number of nitrogens with one attached hydrogen (secondary N) is 2. The molecule has 0 radical (unpaired) electrons. The van der Waals surface area contributed by atoms with Gasteiger partial charge in [-0.1, -0.05) is 12.2 Å². The number of allylic oxidation sites excluding steroid dienone is 2. The standard InChI is InChI=1S/C28H30N2O6S/c1-33-19-10-8-18(9-11-19)30-37(31,32)20-12-13-24-23(16-20)21-6-5-7-22(21)27(29-24)17-14-25(34-2)28(36-4)26(15-17)35-3/h5-6,8-16,21-22,27,29-30H,7H2,1-4H3. The molecule has 1 heterocycles. The SMILES string of the molecule is COc1ccc(NS(=O)(=O)c2ccc3c(c2)C2C=CCC2C(c2cc(OC)c(OC)c(OC)c2)N3)cc1. The largest absolute Gasteiger partial charge is 0.497 e. The molecule has 9 heteroatoms. The Bertz CT molecular complexity index is 1410. The number of benzene rings is 3. The molecule has 3 unspecified atom stereocenters. The van der Waals surface area contributed by atoms with E-state index in [2.05, 4.69) is 22.2 Å². The van der Waals surface area contributed by atoms with Crippen LogP contribution in [0.15, 0.2) is 71.6 Å². The molecule has 1 aliphatic heterocycles. The van der Waals surface area contributed by atoms with E-state index in [-0.39, 0.29) is 22.8 Å². The molecule has 2 N–H and O–H groups in total. The van der Waals surface area contributed by atoms with Crippen LogP contribution in [0.2, 0.25) is 0 Å². The highest BCUT2D eigenvalue weighted by atomic mass is 32.2. The maximum atomic E-state index is 13.2. The molecular formula is C28H30N2O6S. The highest BCUT2D eigenvalue weighted by Crippen LogP contribution is 2.52. The van der Waals surface area contributed by atoms with E-state index >= 15 is 0 Å². The first-order chi connectivity index (χ1) is 17.9. The zero-order valence-corrected chi connectivity index (χ0v) is 22.0. The molecule has 5 rings (SSSR count). The number of fused-ring (bicyclic) bond motifs is 3. The first-order valence-corrected chi connectivity index (χ1v) is 13.4. The number of rotatable bonds is 8. The fourth-order valence-corrected chi connectivity index (χ4v) is 6.32. The van der Waals surface area contributed by atoms with Crippen molar-refractivity contribution in [3.63, 3.8) is 0 Å². The van der Waals surface area contributed by atoms with Crippen molar-refractivity contribution in [1.29, 1.82) is 0 Å². The highest BCUT2D eigenvalue weighted by Gasteiger charge is 2.39. The van der Waals surface area contributed by atoms with E-state index in [0.29, 0.717) is 28.7 Å². The van der Waals surface area contributed by atoms with Crippen molar-refractivity contribution in [1.82, 2.24) is 0 Å². The predicted octanol–water partition coefficient (Wildman–Crippen LogP) is 5.35. The minimum atomic E-state index is -3.78. The topological polar surface area (TPSA) is 95.1 Å². The summed E-state index contributed by atoms with van der Waals surface area (Å²) in [6, 6.07) is 15.9. The second-order valence-corrected chi connectivity index (χ2v) is 10.7. The summed E-state index contributed by atoms with van der Waals surface area (Å²) in [5, 5.41) is 3.64. The smallest absolute Gasteiger partial charge is 0.261 e. The van der Waals surface area contributed by atoms with Crippen LogP contribution in [-0.2, 0) is 10.0 Å². The van der Waals surface area contributed by atoms with Crippen LogP contribution in [0.4, 0.5) is 11.4 Å². The molecule has 8 nitrogen and oxygen atoms in total. The van der Waals surface area contributed by atoms with E-state index in [1.165, 1.54) is 0 Å². The summed E-state index contributed by atoms with van der Waals surface area (Å²) in [6.45, 7) is 0. The molecule has 0 spiro atoms. The number of anilines is 2. The van der Waals surface area contributed by atoms with Crippen molar-refractivity contribution in [2.75, 3.05) is 38.5 Å². The van der Waals surface area contributed by atoms with Crippen LogP contribution < -0.4 is 29.0 Å². The van der Waals surface area contributed by atoms with Gasteiger partial charge in [-0.3, -0.25) is 4.72 Å². The lowest BCUT2D eigenvalue weighted by molar-refractivity contribution is 0.322. The van der Waals surface area contributed by atoms with Crippen LogP contribution >= 0.6 is 0 Å². The van der Waals surface area contributed by atoms with E-state index in [0.717, 1.165) is 23.2 Å². The molecule has 2 aliphatic rings. The maximum Gasteiger partial charge on any atom is 0.261 e. The van der Waals surface area contributed by atoms with Crippen LogP contribution in [0.1, 0.15) is 29.5 Å². The number of methoxy groups -OCH3 is 4. The molecular weight excluding hydrogens is 492 g/mol. The summed E-state index contributed by atoms with van der Waals surface area (Å²) in [5.41, 5.74) is 3.34. The van der Waals surface area contributed by atoms with E-state index in [4.69, 9.17) is 18.9 Å². The van der Waals surface area contributed by atoms with Gasteiger partial charge >= 0.3 is 0 Å². The Morgan fingerprint density at radius 3 is 2.19 bits per heavy atom. The van der Waals surface area contributed by atoms with Gasteiger partial charge in [-0.15, -0.1) is 0 Å². The number of sulfonamides is 1. The van der Waals surface area contributed by atoms with Crippen molar-refractivity contribution >= 4 is 21.4 Å². The molecule has 194 valence electrons. The van der Waals surface area contributed by atoms with Gasteiger partial charge in [0, 0.05) is 17.3 Å². The number of ether oxygens (including phenoxy) is 4. The van der Waals surface area contributed by atoms with Gasteiger partial charge in [0.15, 0.2) is 11.5 Å². The van der Waals surface area contributed by atoms with Crippen LogP contribution in [0.25, 0.3) is 0 Å². The highest BCUT2D eigenvalue weighted by molar-refractivity contribution is 7.92. The summed E-state index contributed by atoms with van der Waals surface area (Å²) in [6.07, 6.45) is 5.19. The van der Waals surface area contributed by atoms with Gasteiger partial charge in [0.25, 0.3) is 10.0 Å². The zero-order valence-electron chi connectivity index (χ0n) is 21.1. The Hall–Kier alpha value is -3.85. The molecule has 0 saturated heterocycles. The second-order valence-electron chi connectivity index (χ2n) is 9.02. The van der Waals surface area contributed by atoms with Crippen molar-refractivity contribution in [3.8, 4) is 23.0 Å². The first-order valence-electron chi connectivity index (χ1n) is 11.9. The second kappa shape index (κ2) is 9.89. The molecule has 0 bridgehead atoms. The minimum Gasteiger partial charge on any atom is -0.497 e. The Balaban J connectivity index is 1.48. The normalized spacial score (nSPS) is 19.8. The summed E-state index contributed by atoms with van der Waals surface area (Å²) in [7, 11) is 2.58. The Kier molecular flexibility index (Phi) is 6.64. The third-order valence-corrected chi connectivity index (χ3v) is 8.41. The fourth-order valence-electron chi connectivity index (χ4n) is 5.22. The van der Waals surface area contributed by atoms with Gasteiger partial charge in [-0.2, -0.15) is 0 Å². The minimum absolute atomic E-state index is 0.0268. The van der Waals surface area contributed by atoms with E-state index in [1.54, 1.807) is 64.8 Å². The maximum absolute atomic E-state index is 13.2. The molecule has 3 aromatic rings. The zero-order chi connectivity index (χ0) is 26.2. The summed E-state index contributed by atoms with van der Waals surface area (Å²) in [5.74, 6) is 2.66. The average Bonchev–Trinajstić information content (AvgIpc) is 3.42. The predicted molar refractivity (Wildman–Crippen MR) is 143 cm³/mol. The Labute approximate surface area is 217 Å². The lowest BCUT2D eigenvalue weighted by Crippen LogP contribution is -2.29. The third-order valence-electron chi connectivity index (χ3n) is 7.03. The van der Waals surface area contributed by atoms with Crippen molar-refractivity contribution in [2.45, 2.75) is 23.3 Å². The lowest BCUT2D eigenvalue weighted by Gasteiger charge is -2.38. The molecule has 0 amide bonds. The molecule has 0 saturated carbocycles. The lowest BCUT2D eigenvalue weighted by atomic mass is 9.77. The van der Waals surface area contributed by atoms with Gasteiger partial charge < -0.3 is 24.3 Å². The van der Waals surface area contributed by atoms with Crippen LogP contribution in [0.5, 0.6) is 23.0 Å². The number of hydrogen-bond donors (Lipinski definition) is 2. The van der Waals surface area contributed by atoms with E-state index < -0.39 is 10.0 Å². The summed E-state index contributed by atoms with van der Waals surface area (Å²) in [4.78, 5) is 0.217. The molecule has 3 aromatic carbocycles. The monoisotopic (exact) mass is 522 g/mol. The van der Waals surface area contributed by atoms with Gasteiger partial charge in [-0.05, 0) is 78.1 Å². The molecule has 37 heavy (non-hydrogen) atoms. The third kappa shape index (κ3) is 4.55. The fraction of sp³-hybridized carbons (Fsp3) is 0.286. The first kappa shape index (κ1) is 24.8. The van der Waals surface area contributed by atoms with Crippen molar-refractivity contribution in [2.24, 2.45) is 5.92 Å². The quantitative estimate of drug-likeness (QED) is 0.385. The molecule has 0 aromatic heterocycles. The van der Waals surface area contributed by atoms with E-state index in [9.17, 15) is 8.42 Å². The molecule has 0 fully saturated rings. The van der Waals surface area contributed by atoms with Gasteiger partial charge in [0.2, 0.25) is 5.75 Å². The molecule has 3 atom stereocenters. The van der Waals surface area contributed by atoms with Gasteiger partial charge in [0.05, 0.1) is 39.4 Å². The van der Waals surface area contributed by atoms with Crippen LogP contribution in [-0.4, -0.2) is 36.9 Å². The van der Waals surface area contributed by atoms with Crippen LogP contribution in [0, 0.1) is 5.92 Å². The van der Waals surface area contributed by atoms with Gasteiger partial charge in [-0.25, -0.2) is 8.42 Å². The Morgan fingerprint density at radius 2 is 1.57 bits per heavy atom. The summed E-state index contributed by atoms with van der Waals surface area (Å²) >= 11 is 0. The number of hydrogen-bond acceptors (Lipinski definition) is 7. The van der Waals surface area contributed by atoms with Gasteiger partial charge in [0.1, 0.15) is 5.75 Å². The average molecular weight is 523 g/mol. The van der Waals surface area contributed by atoms with Crippen molar-refractivity contribution < 1.29 is 27.4 Å².